The van der Waals surface area contributed by atoms with Gasteiger partial charge < -0.3 is 20.7 Å². The van der Waals surface area contributed by atoms with Gasteiger partial charge in [-0.15, -0.1) is 0 Å². The lowest BCUT2D eigenvalue weighted by molar-refractivity contribution is -0.120. The van der Waals surface area contributed by atoms with E-state index in [0.717, 1.165) is 32.4 Å². The minimum Gasteiger partial charge on any atom is -0.380 e. The van der Waals surface area contributed by atoms with Crippen molar-refractivity contribution in [1.29, 1.82) is 0 Å². The van der Waals surface area contributed by atoms with E-state index in [0.29, 0.717) is 31.1 Å². The van der Waals surface area contributed by atoms with E-state index in [1.165, 1.54) is 19.3 Å². The second kappa shape index (κ2) is 13.0. The van der Waals surface area contributed by atoms with Crippen LogP contribution < -0.4 is 16.0 Å². The van der Waals surface area contributed by atoms with Crippen molar-refractivity contribution in [1.82, 2.24) is 16.0 Å². The third-order valence-corrected chi connectivity index (χ3v) is 4.07. The Balaban J connectivity index is 2.21. The Morgan fingerprint density at radius 1 is 1.17 bits per heavy atom. The molecule has 0 heterocycles. The van der Waals surface area contributed by atoms with Gasteiger partial charge in [-0.05, 0) is 32.1 Å². The van der Waals surface area contributed by atoms with Crippen LogP contribution in [-0.4, -0.2) is 50.8 Å². The average molecular weight is 341 g/mol. The van der Waals surface area contributed by atoms with Gasteiger partial charge in [-0.1, -0.05) is 33.1 Å². The van der Waals surface area contributed by atoms with E-state index in [1.54, 1.807) is 0 Å². The van der Waals surface area contributed by atoms with Crippen LogP contribution in [0.25, 0.3) is 0 Å². The molecule has 0 aromatic rings. The number of amides is 1. The molecule has 1 saturated carbocycles. The molecule has 0 unspecified atom stereocenters. The van der Waals surface area contributed by atoms with E-state index in [-0.39, 0.29) is 12.5 Å². The molecule has 0 bridgehead atoms. The fraction of sp³-hybridized carbons (Fsp3) is 0.889. The highest BCUT2D eigenvalue weighted by Gasteiger charge is 2.15. The number of carbonyl (C=O) groups excluding carboxylic acids is 1. The molecule has 0 radical (unpaired) electrons. The van der Waals surface area contributed by atoms with Crippen molar-refractivity contribution in [3.8, 4) is 0 Å². The van der Waals surface area contributed by atoms with Crippen molar-refractivity contribution in [3.63, 3.8) is 0 Å². The van der Waals surface area contributed by atoms with Crippen LogP contribution in [-0.2, 0) is 9.53 Å². The van der Waals surface area contributed by atoms with Gasteiger partial charge in [-0.2, -0.15) is 0 Å². The van der Waals surface area contributed by atoms with Gasteiger partial charge in [0.2, 0.25) is 5.91 Å². The number of aliphatic imine (C=N–C) groups is 1. The zero-order valence-electron chi connectivity index (χ0n) is 15.7. The molecule has 1 aliphatic carbocycles. The van der Waals surface area contributed by atoms with Crippen molar-refractivity contribution < 1.29 is 9.53 Å². The third kappa shape index (κ3) is 10.5. The molecule has 1 amide bonds. The van der Waals surface area contributed by atoms with E-state index in [1.807, 2.05) is 6.92 Å². The minimum absolute atomic E-state index is 0.00675. The predicted molar refractivity (Wildman–Crippen MR) is 99.3 cm³/mol. The third-order valence-electron chi connectivity index (χ3n) is 4.07. The Hall–Kier alpha value is -1.30. The number of hydrogen-bond donors (Lipinski definition) is 3. The highest BCUT2D eigenvalue weighted by Crippen LogP contribution is 2.17. The average Bonchev–Trinajstić information content (AvgIpc) is 2.56. The van der Waals surface area contributed by atoms with Gasteiger partial charge in [0.25, 0.3) is 0 Å². The summed E-state index contributed by atoms with van der Waals surface area (Å²) in [6.45, 7) is 9.45. The molecule has 0 saturated heterocycles. The van der Waals surface area contributed by atoms with Crippen LogP contribution in [0.4, 0.5) is 0 Å². The first-order chi connectivity index (χ1) is 11.6. The molecular weight excluding hydrogens is 304 g/mol. The largest absolute Gasteiger partial charge is 0.380 e. The Labute approximate surface area is 147 Å². The normalized spacial score (nSPS) is 16.2. The zero-order valence-corrected chi connectivity index (χ0v) is 15.7. The number of ether oxygens (including phenoxy) is 1. The van der Waals surface area contributed by atoms with Crippen LogP contribution >= 0.6 is 0 Å². The molecule has 0 spiro atoms. The maximum Gasteiger partial charge on any atom is 0.242 e. The lowest BCUT2D eigenvalue weighted by Gasteiger charge is -2.22. The van der Waals surface area contributed by atoms with Crippen LogP contribution in [0.1, 0.15) is 59.3 Å². The van der Waals surface area contributed by atoms with E-state index < -0.39 is 0 Å². The molecule has 0 aromatic carbocycles. The van der Waals surface area contributed by atoms with Gasteiger partial charge in [-0.25, -0.2) is 4.99 Å². The van der Waals surface area contributed by atoms with E-state index in [4.69, 9.17) is 4.74 Å². The summed E-state index contributed by atoms with van der Waals surface area (Å²) in [5.74, 6) is 1.34. The summed E-state index contributed by atoms with van der Waals surface area (Å²) in [6.07, 6.45) is 7.00. The van der Waals surface area contributed by atoms with E-state index in [2.05, 4.69) is 34.8 Å². The summed E-state index contributed by atoms with van der Waals surface area (Å²) in [6, 6.07) is 0.339. The van der Waals surface area contributed by atoms with Crippen LogP contribution in [0.2, 0.25) is 0 Å². The summed E-state index contributed by atoms with van der Waals surface area (Å²) >= 11 is 0. The molecule has 0 aromatic heterocycles. The lowest BCUT2D eigenvalue weighted by Crippen LogP contribution is -2.41. The van der Waals surface area contributed by atoms with Crippen molar-refractivity contribution >= 4 is 11.9 Å². The number of rotatable bonds is 10. The maximum absolute atomic E-state index is 12.0. The molecule has 3 N–H and O–H groups in total. The van der Waals surface area contributed by atoms with Crippen LogP contribution in [0.15, 0.2) is 4.99 Å². The Kier molecular flexibility index (Phi) is 11.3. The van der Waals surface area contributed by atoms with Crippen molar-refractivity contribution in [3.05, 3.63) is 0 Å². The smallest absolute Gasteiger partial charge is 0.242 e. The Morgan fingerprint density at radius 2 is 1.92 bits per heavy atom. The summed E-state index contributed by atoms with van der Waals surface area (Å²) in [5.41, 5.74) is 0. The highest BCUT2D eigenvalue weighted by atomic mass is 16.5. The molecule has 0 atom stereocenters. The molecule has 140 valence electrons. The fourth-order valence-corrected chi connectivity index (χ4v) is 2.68. The first kappa shape index (κ1) is 20.7. The molecule has 1 aliphatic rings. The first-order valence-electron chi connectivity index (χ1n) is 9.51. The van der Waals surface area contributed by atoms with E-state index >= 15 is 0 Å². The monoisotopic (exact) mass is 340 g/mol. The molecule has 1 fully saturated rings. The van der Waals surface area contributed by atoms with Crippen LogP contribution in [0.3, 0.4) is 0 Å². The second-order valence-electron chi connectivity index (χ2n) is 6.82. The number of hydrogen-bond acceptors (Lipinski definition) is 3. The van der Waals surface area contributed by atoms with Crippen molar-refractivity contribution in [2.24, 2.45) is 10.9 Å². The predicted octanol–water partition coefficient (Wildman–Crippen LogP) is 2.05. The highest BCUT2D eigenvalue weighted by molar-refractivity contribution is 5.85. The van der Waals surface area contributed by atoms with E-state index in [9.17, 15) is 4.79 Å². The first-order valence-corrected chi connectivity index (χ1v) is 9.51. The zero-order chi connectivity index (χ0) is 17.6. The Bertz CT molecular complexity index is 366. The topological polar surface area (TPSA) is 74.8 Å². The summed E-state index contributed by atoms with van der Waals surface area (Å²) < 4.78 is 5.57. The number of carbonyl (C=O) groups is 1. The van der Waals surface area contributed by atoms with Gasteiger partial charge >= 0.3 is 0 Å². The van der Waals surface area contributed by atoms with Gasteiger partial charge in [0.05, 0.1) is 6.61 Å². The summed E-state index contributed by atoms with van der Waals surface area (Å²) in [5, 5.41) is 9.44. The van der Waals surface area contributed by atoms with Crippen LogP contribution in [0, 0.1) is 5.92 Å². The second-order valence-corrected chi connectivity index (χ2v) is 6.82. The van der Waals surface area contributed by atoms with Crippen LogP contribution in [0.5, 0.6) is 0 Å². The molecule has 24 heavy (non-hydrogen) atoms. The number of nitrogens with one attached hydrogen (secondary N) is 3. The van der Waals surface area contributed by atoms with Gasteiger partial charge in [0.1, 0.15) is 6.54 Å². The SMILES string of the molecule is CCNC(=NCC(=O)NC1CCCCC1)NCCOCCC(C)C. The molecule has 6 nitrogen and oxygen atoms in total. The van der Waals surface area contributed by atoms with Gasteiger partial charge in [0.15, 0.2) is 5.96 Å². The number of guanidine groups is 1. The maximum atomic E-state index is 12.0. The van der Waals surface area contributed by atoms with Crippen molar-refractivity contribution in [2.45, 2.75) is 65.3 Å². The summed E-state index contributed by atoms with van der Waals surface area (Å²) in [4.78, 5) is 16.4. The number of nitrogens with zero attached hydrogens (tertiary/aromatic N) is 1. The van der Waals surface area contributed by atoms with Gasteiger partial charge in [-0.3, -0.25) is 4.79 Å². The lowest BCUT2D eigenvalue weighted by atomic mass is 9.95. The quantitative estimate of drug-likeness (QED) is 0.323. The standard InChI is InChI=1S/C18H36N4O2/c1-4-19-18(20-11-13-24-12-10-15(2)3)21-14-17(23)22-16-8-6-5-7-9-16/h15-16H,4-14H2,1-3H3,(H,22,23)(H2,19,20,21). The van der Waals surface area contributed by atoms with Gasteiger partial charge in [0, 0.05) is 25.7 Å². The molecule has 1 rings (SSSR count). The molecule has 0 aliphatic heterocycles. The minimum atomic E-state index is 0.00675. The summed E-state index contributed by atoms with van der Waals surface area (Å²) in [7, 11) is 0. The van der Waals surface area contributed by atoms with Crippen molar-refractivity contribution in [2.75, 3.05) is 32.8 Å². The fourth-order valence-electron chi connectivity index (χ4n) is 2.68. The molecular formula is C18H36N4O2. The Morgan fingerprint density at radius 3 is 2.58 bits per heavy atom. The molecule has 6 heteroatoms.